The Morgan fingerprint density at radius 2 is 2.33 bits per heavy atom. The average molecular weight is 230 g/mol. The average Bonchev–Trinajstić information content (AvgIpc) is 2.74. The number of aromatic nitrogens is 2. The number of nitrogens with two attached hydrogens (primary N) is 1. The first kappa shape index (κ1) is 10.6. The van der Waals surface area contributed by atoms with Crippen molar-refractivity contribution in [3.63, 3.8) is 0 Å². The van der Waals surface area contributed by atoms with Crippen LogP contribution < -0.4 is 5.73 Å². The van der Waals surface area contributed by atoms with Crippen molar-refractivity contribution < 1.29 is 8.42 Å². The molecule has 0 spiro atoms. The van der Waals surface area contributed by atoms with Crippen LogP contribution in [0.15, 0.2) is 17.6 Å². The van der Waals surface area contributed by atoms with Gasteiger partial charge in [0.25, 0.3) is 10.0 Å². The number of nitrogens with zero attached hydrogens (tertiary/aromatic N) is 3. The highest BCUT2D eigenvalue weighted by atomic mass is 32.2. The quantitative estimate of drug-likeness (QED) is 0.717. The molecule has 1 aromatic rings. The zero-order chi connectivity index (χ0) is 11.1. The predicted octanol–water partition coefficient (Wildman–Crippen LogP) is -0.858. The van der Waals surface area contributed by atoms with Gasteiger partial charge in [-0.15, -0.1) is 0 Å². The van der Waals surface area contributed by atoms with Gasteiger partial charge in [-0.3, -0.25) is 0 Å². The van der Waals surface area contributed by atoms with Crippen LogP contribution >= 0.6 is 0 Å². The molecular weight excluding hydrogens is 216 g/mol. The molecule has 2 heterocycles. The Hall–Kier alpha value is -0.920. The molecule has 1 saturated heterocycles. The molecule has 1 fully saturated rings. The zero-order valence-corrected chi connectivity index (χ0v) is 9.31. The van der Waals surface area contributed by atoms with E-state index in [0.29, 0.717) is 19.5 Å². The zero-order valence-electron chi connectivity index (χ0n) is 8.50. The van der Waals surface area contributed by atoms with E-state index in [0.717, 1.165) is 0 Å². The van der Waals surface area contributed by atoms with Crippen LogP contribution in [0.2, 0.25) is 0 Å². The molecule has 6 nitrogen and oxygen atoms in total. The van der Waals surface area contributed by atoms with Crippen LogP contribution in [-0.4, -0.2) is 41.4 Å². The fourth-order valence-corrected chi connectivity index (χ4v) is 3.10. The monoisotopic (exact) mass is 230 g/mol. The lowest BCUT2D eigenvalue weighted by Gasteiger charge is -2.13. The van der Waals surface area contributed by atoms with Gasteiger partial charge in [-0.2, -0.15) is 4.31 Å². The molecular formula is C8H14N4O2S. The standard InChI is InChI=1S/C8H14N4O2S/c1-11-5-8(10-6-11)15(13,14)12-3-2-7(9)4-12/h5-7H,2-4,9H2,1H3. The summed E-state index contributed by atoms with van der Waals surface area (Å²) < 4.78 is 27.0. The number of hydrogen-bond acceptors (Lipinski definition) is 4. The van der Waals surface area contributed by atoms with Crippen molar-refractivity contribution in [1.29, 1.82) is 0 Å². The maximum Gasteiger partial charge on any atom is 0.262 e. The lowest BCUT2D eigenvalue weighted by Crippen LogP contribution is -2.32. The fraction of sp³-hybridized carbons (Fsp3) is 0.625. The van der Waals surface area contributed by atoms with Crippen LogP contribution in [-0.2, 0) is 17.1 Å². The fourth-order valence-electron chi connectivity index (χ4n) is 1.63. The van der Waals surface area contributed by atoms with E-state index in [1.54, 1.807) is 11.6 Å². The summed E-state index contributed by atoms with van der Waals surface area (Å²) in [5.41, 5.74) is 5.67. The Balaban J connectivity index is 2.27. The molecule has 1 unspecified atom stereocenters. The van der Waals surface area contributed by atoms with Gasteiger partial charge in [0, 0.05) is 32.4 Å². The summed E-state index contributed by atoms with van der Waals surface area (Å²) in [5.74, 6) is 0. The van der Waals surface area contributed by atoms with Gasteiger partial charge in [-0.25, -0.2) is 13.4 Å². The van der Waals surface area contributed by atoms with Gasteiger partial charge in [0.2, 0.25) is 0 Å². The van der Waals surface area contributed by atoms with Gasteiger partial charge >= 0.3 is 0 Å². The SMILES string of the molecule is Cn1cnc(S(=O)(=O)N2CCC(N)C2)c1. The minimum atomic E-state index is -3.43. The van der Waals surface area contributed by atoms with E-state index in [9.17, 15) is 8.42 Å². The second-order valence-electron chi connectivity index (χ2n) is 3.79. The van der Waals surface area contributed by atoms with Crippen LogP contribution in [0.5, 0.6) is 0 Å². The first-order valence-electron chi connectivity index (χ1n) is 4.74. The van der Waals surface area contributed by atoms with Gasteiger partial charge in [-0.05, 0) is 6.42 Å². The van der Waals surface area contributed by atoms with E-state index in [1.807, 2.05) is 0 Å². The highest BCUT2D eigenvalue weighted by molar-refractivity contribution is 7.89. The molecule has 2 rings (SSSR count). The number of imidazole rings is 1. The van der Waals surface area contributed by atoms with E-state index in [-0.39, 0.29) is 11.1 Å². The molecule has 0 bridgehead atoms. The summed E-state index contributed by atoms with van der Waals surface area (Å²) in [4.78, 5) is 3.85. The second kappa shape index (κ2) is 3.58. The number of rotatable bonds is 2. The smallest absolute Gasteiger partial charge is 0.262 e. The van der Waals surface area contributed by atoms with Gasteiger partial charge in [-0.1, -0.05) is 0 Å². The number of hydrogen-bond donors (Lipinski definition) is 1. The molecule has 0 aliphatic carbocycles. The third-order valence-electron chi connectivity index (χ3n) is 2.47. The Morgan fingerprint density at radius 3 is 2.80 bits per heavy atom. The first-order valence-corrected chi connectivity index (χ1v) is 6.18. The van der Waals surface area contributed by atoms with Crippen LogP contribution in [0, 0.1) is 0 Å². The summed E-state index contributed by atoms with van der Waals surface area (Å²) in [7, 11) is -1.69. The van der Waals surface area contributed by atoms with Gasteiger partial charge in [0.05, 0.1) is 6.33 Å². The van der Waals surface area contributed by atoms with Gasteiger partial charge < -0.3 is 10.3 Å². The highest BCUT2D eigenvalue weighted by Crippen LogP contribution is 2.18. The molecule has 0 aromatic carbocycles. The highest BCUT2D eigenvalue weighted by Gasteiger charge is 2.32. The van der Waals surface area contributed by atoms with E-state index in [4.69, 9.17) is 5.73 Å². The minimum absolute atomic E-state index is 0.0523. The largest absolute Gasteiger partial charge is 0.339 e. The normalized spacial score (nSPS) is 23.5. The van der Waals surface area contributed by atoms with Crippen molar-refractivity contribution in [2.75, 3.05) is 13.1 Å². The van der Waals surface area contributed by atoms with Crippen molar-refractivity contribution in [1.82, 2.24) is 13.9 Å². The lowest BCUT2D eigenvalue weighted by atomic mass is 10.3. The van der Waals surface area contributed by atoms with Crippen LogP contribution in [0.4, 0.5) is 0 Å². The Bertz CT molecular complexity index is 453. The predicted molar refractivity (Wildman–Crippen MR) is 54.6 cm³/mol. The molecule has 1 aliphatic heterocycles. The van der Waals surface area contributed by atoms with Crippen molar-refractivity contribution in [3.05, 3.63) is 12.5 Å². The minimum Gasteiger partial charge on any atom is -0.339 e. The Kier molecular flexibility index (Phi) is 2.53. The van der Waals surface area contributed by atoms with Crippen molar-refractivity contribution in [2.45, 2.75) is 17.5 Å². The van der Waals surface area contributed by atoms with Gasteiger partial charge in [0.1, 0.15) is 0 Å². The number of sulfonamides is 1. The van der Waals surface area contributed by atoms with E-state index in [2.05, 4.69) is 4.98 Å². The van der Waals surface area contributed by atoms with Gasteiger partial charge in [0.15, 0.2) is 5.03 Å². The second-order valence-corrected chi connectivity index (χ2v) is 5.67. The molecule has 1 atom stereocenters. The maximum absolute atomic E-state index is 12.0. The molecule has 1 aromatic heterocycles. The van der Waals surface area contributed by atoms with Crippen LogP contribution in [0.25, 0.3) is 0 Å². The summed E-state index contributed by atoms with van der Waals surface area (Å²) in [6.45, 7) is 0.874. The molecule has 0 saturated carbocycles. The molecule has 15 heavy (non-hydrogen) atoms. The van der Waals surface area contributed by atoms with Crippen molar-refractivity contribution in [3.8, 4) is 0 Å². The summed E-state index contributed by atoms with van der Waals surface area (Å²) in [5, 5.41) is 0.0964. The maximum atomic E-state index is 12.0. The third kappa shape index (κ3) is 1.90. The Morgan fingerprint density at radius 1 is 1.60 bits per heavy atom. The molecule has 0 radical (unpaired) electrons. The summed E-state index contributed by atoms with van der Waals surface area (Å²) in [6, 6.07) is -0.0523. The number of aryl methyl sites for hydroxylation is 1. The molecule has 2 N–H and O–H groups in total. The molecule has 7 heteroatoms. The molecule has 0 amide bonds. The summed E-state index contributed by atoms with van der Waals surface area (Å²) in [6.07, 6.45) is 3.69. The molecule has 84 valence electrons. The third-order valence-corrected chi connectivity index (χ3v) is 4.22. The first-order chi connectivity index (χ1) is 7.00. The van der Waals surface area contributed by atoms with E-state index < -0.39 is 10.0 Å². The van der Waals surface area contributed by atoms with Crippen molar-refractivity contribution >= 4 is 10.0 Å². The van der Waals surface area contributed by atoms with Crippen LogP contribution in [0.3, 0.4) is 0 Å². The van der Waals surface area contributed by atoms with E-state index in [1.165, 1.54) is 16.8 Å². The Labute approximate surface area is 88.7 Å². The lowest BCUT2D eigenvalue weighted by molar-refractivity contribution is 0.470. The summed E-state index contributed by atoms with van der Waals surface area (Å²) >= 11 is 0. The topological polar surface area (TPSA) is 81.2 Å². The molecule has 1 aliphatic rings. The van der Waals surface area contributed by atoms with E-state index >= 15 is 0 Å². The van der Waals surface area contributed by atoms with Crippen molar-refractivity contribution in [2.24, 2.45) is 12.8 Å². The van der Waals surface area contributed by atoms with Crippen LogP contribution in [0.1, 0.15) is 6.42 Å².